The first-order valence-corrected chi connectivity index (χ1v) is 8.06. The average molecular weight is 210 g/mol. The Morgan fingerprint density at radius 1 is 0.600 bits per heavy atom. The molecule has 0 radical (unpaired) electrons. The van der Waals surface area contributed by atoms with Crippen LogP contribution in [0.3, 0.4) is 0 Å². The molecule has 0 atom stereocenters. The van der Waals surface area contributed by atoms with Crippen LogP contribution in [0.4, 0.5) is 0 Å². The normalized spacial score (nSPS) is 9.60. The molecular formula is C4H12B2S4. The van der Waals surface area contributed by atoms with Crippen molar-refractivity contribution in [3.8, 4) is 0 Å². The molecule has 0 N–H and O–H groups in total. The van der Waals surface area contributed by atoms with Gasteiger partial charge in [-0.1, -0.05) is 0 Å². The lowest BCUT2D eigenvalue weighted by Gasteiger charge is -2.12. The molecule has 10 heavy (non-hydrogen) atoms. The van der Waals surface area contributed by atoms with Crippen LogP contribution < -0.4 is 0 Å². The molecule has 0 rings (SSSR count). The molecule has 0 aromatic carbocycles. The summed E-state index contributed by atoms with van der Waals surface area (Å²) in [7, 11) is 0. The number of hydrogen-bond donors (Lipinski definition) is 0. The van der Waals surface area contributed by atoms with Gasteiger partial charge in [0.15, 0.2) is 0 Å². The summed E-state index contributed by atoms with van der Waals surface area (Å²) in [5, 5.41) is 1.48. The fraction of sp³-hybridized carbons (Fsp3) is 1.00. The van der Waals surface area contributed by atoms with Crippen LogP contribution in [0.5, 0.6) is 0 Å². The van der Waals surface area contributed by atoms with Gasteiger partial charge in [-0.3, -0.25) is 0 Å². The van der Waals surface area contributed by atoms with E-state index in [0.717, 1.165) is 10.3 Å². The zero-order chi connectivity index (χ0) is 7.98. The van der Waals surface area contributed by atoms with Gasteiger partial charge in [-0.25, -0.2) is 46.5 Å². The van der Waals surface area contributed by atoms with E-state index in [1.807, 2.05) is 46.5 Å². The molecule has 0 unspecified atom stereocenters. The molecule has 0 aromatic heterocycles. The van der Waals surface area contributed by atoms with Crippen molar-refractivity contribution in [2.24, 2.45) is 0 Å². The van der Waals surface area contributed by atoms with Crippen LogP contribution in [-0.2, 0) is 0 Å². The van der Waals surface area contributed by atoms with Crippen molar-refractivity contribution in [3.05, 3.63) is 0 Å². The minimum atomic E-state index is 0.741. The van der Waals surface area contributed by atoms with Gasteiger partial charge >= 0.3 is 0 Å². The van der Waals surface area contributed by atoms with Crippen molar-refractivity contribution in [2.75, 3.05) is 25.0 Å². The summed E-state index contributed by atoms with van der Waals surface area (Å²) in [5.41, 5.74) is 0. The van der Waals surface area contributed by atoms with Crippen molar-refractivity contribution < 1.29 is 0 Å². The van der Waals surface area contributed by atoms with Crippen molar-refractivity contribution in [3.63, 3.8) is 0 Å². The molecule has 0 aliphatic rings. The molecule has 0 heterocycles. The van der Waals surface area contributed by atoms with Gasteiger partial charge in [0.2, 0.25) is 0 Å². The first kappa shape index (κ1) is 11.5. The van der Waals surface area contributed by atoms with E-state index in [1.165, 1.54) is 0 Å². The predicted molar refractivity (Wildman–Crippen MR) is 65.6 cm³/mol. The second-order valence-electron chi connectivity index (χ2n) is 1.68. The summed E-state index contributed by atoms with van der Waals surface area (Å²) in [6.45, 7) is 0. The van der Waals surface area contributed by atoms with E-state index in [9.17, 15) is 0 Å². The average Bonchev–Trinajstić information content (AvgIpc) is 2.00. The zero-order valence-electron chi connectivity index (χ0n) is 6.79. The third-order valence-corrected chi connectivity index (χ3v) is 7.10. The maximum atomic E-state index is 2.18. The van der Waals surface area contributed by atoms with Gasteiger partial charge in [0.25, 0.3) is 10.3 Å². The largest absolute Gasteiger partial charge is 0.266 e. The summed E-state index contributed by atoms with van der Waals surface area (Å²) in [4.78, 5) is 0. The molecule has 0 nitrogen and oxygen atoms in total. The lowest BCUT2D eigenvalue weighted by atomic mass is 9.72. The highest BCUT2D eigenvalue weighted by molar-refractivity contribution is 8.76. The van der Waals surface area contributed by atoms with E-state index in [1.54, 1.807) is 0 Å². The van der Waals surface area contributed by atoms with Gasteiger partial charge in [0, 0.05) is 0 Å². The summed E-state index contributed by atoms with van der Waals surface area (Å²) >= 11 is 7.79. The van der Waals surface area contributed by atoms with Gasteiger partial charge < -0.3 is 0 Å². The SMILES string of the molecule is CSB(SC)B(SC)SC. The fourth-order valence-electron chi connectivity index (χ4n) is 0.637. The molecule has 0 fully saturated rings. The summed E-state index contributed by atoms with van der Waals surface area (Å²) in [5.74, 6) is 0. The maximum Gasteiger partial charge on any atom is 0.266 e. The van der Waals surface area contributed by atoms with Gasteiger partial charge in [-0.2, -0.15) is 0 Å². The second-order valence-corrected chi connectivity index (χ2v) is 6.19. The summed E-state index contributed by atoms with van der Waals surface area (Å²) < 4.78 is 0. The van der Waals surface area contributed by atoms with Crippen molar-refractivity contribution >= 4 is 56.8 Å². The molecular weight excluding hydrogens is 198 g/mol. The van der Waals surface area contributed by atoms with Gasteiger partial charge in [0.05, 0.1) is 0 Å². The van der Waals surface area contributed by atoms with Crippen LogP contribution >= 0.6 is 46.5 Å². The molecule has 0 saturated carbocycles. The van der Waals surface area contributed by atoms with E-state index in [0.29, 0.717) is 0 Å². The van der Waals surface area contributed by atoms with E-state index in [4.69, 9.17) is 0 Å². The zero-order valence-corrected chi connectivity index (χ0v) is 10.1. The lowest BCUT2D eigenvalue weighted by Crippen LogP contribution is -2.22. The molecule has 0 aromatic rings. The van der Waals surface area contributed by atoms with Crippen LogP contribution in [0.25, 0.3) is 0 Å². The monoisotopic (exact) mass is 210 g/mol. The Balaban J connectivity index is 3.70. The summed E-state index contributed by atoms with van der Waals surface area (Å²) in [6.07, 6.45) is 8.72. The van der Waals surface area contributed by atoms with Crippen molar-refractivity contribution in [2.45, 2.75) is 0 Å². The van der Waals surface area contributed by atoms with Crippen LogP contribution in [0.2, 0.25) is 0 Å². The first-order chi connectivity index (χ1) is 4.79. The topological polar surface area (TPSA) is 0 Å². The molecule has 0 aliphatic heterocycles. The molecule has 6 heteroatoms. The van der Waals surface area contributed by atoms with E-state index in [-0.39, 0.29) is 0 Å². The Labute approximate surface area is 81.5 Å². The minimum absolute atomic E-state index is 0.741. The first-order valence-electron chi connectivity index (χ1n) is 2.91. The highest BCUT2D eigenvalue weighted by Gasteiger charge is 2.26. The van der Waals surface area contributed by atoms with Crippen LogP contribution in [-0.4, -0.2) is 35.3 Å². The highest BCUT2D eigenvalue weighted by Crippen LogP contribution is 2.27. The van der Waals surface area contributed by atoms with Crippen LogP contribution in [0.15, 0.2) is 0 Å². The van der Waals surface area contributed by atoms with E-state index in [2.05, 4.69) is 25.0 Å². The molecule has 0 saturated heterocycles. The predicted octanol–water partition coefficient (Wildman–Crippen LogP) is 2.49. The Morgan fingerprint density at radius 3 is 0.900 bits per heavy atom. The summed E-state index contributed by atoms with van der Waals surface area (Å²) in [6, 6.07) is 0. The molecule has 0 aliphatic carbocycles. The number of rotatable bonds is 5. The Kier molecular flexibility index (Phi) is 8.29. The van der Waals surface area contributed by atoms with Gasteiger partial charge in [-0.05, 0) is 25.0 Å². The third kappa shape index (κ3) is 3.79. The Bertz CT molecular complexity index is 63.7. The third-order valence-electron chi connectivity index (χ3n) is 1.15. The highest BCUT2D eigenvalue weighted by atomic mass is 32.2. The fourth-order valence-corrected chi connectivity index (χ4v) is 5.73. The van der Waals surface area contributed by atoms with Crippen LogP contribution in [0, 0.1) is 0 Å². The van der Waals surface area contributed by atoms with Crippen molar-refractivity contribution in [1.29, 1.82) is 0 Å². The molecule has 0 amide bonds. The molecule has 58 valence electrons. The van der Waals surface area contributed by atoms with Gasteiger partial charge in [-0.15, -0.1) is 0 Å². The second kappa shape index (κ2) is 7.19. The Morgan fingerprint density at radius 2 is 0.800 bits per heavy atom. The minimum Gasteiger partial charge on any atom is -0.205 e. The van der Waals surface area contributed by atoms with Gasteiger partial charge in [0.1, 0.15) is 0 Å². The number of hydrogen-bond acceptors (Lipinski definition) is 4. The van der Waals surface area contributed by atoms with E-state index >= 15 is 0 Å². The standard InChI is InChI=1S/C4H12B2S4/c1-7-5(8-2)6(9-3)10-4/h1-4H3. The van der Waals surface area contributed by atoms with E-state index < -0.39 is 0 Å². The molecule has 0 spiro atoms. The Hall–Kier alpha value is 1.53. The smallest absolute Gasteiger partial charge is 0.205 e. The maximum absolute atomic E-state index is 2.18. The quantitative estimate of drug-likeness (QED) is 0.639. The molecule has 0 bridgehead atoms. The van der Waals surface area contributed by atoms with Crippen molar-refractivity contribution in [1.82, 2.24) is 0 Å². The van der Waals surface area contributed by atoms with Crippen LogP contribution in [0.1, 0.15) is 0 Å². The lowest BCUT2D eigenvalue weighted by molar-refractivity contribution is 2.51.